The lowest BCUT2D eigenvalue weighted by atomic mass is 10.1. The van der Waals surface area contributed by atoms with Gasteiger partial charge in [-0.2, -0.15) is 0 Å². The van der Waals surface area contributed by atoms with Crippen LogP contribution >= 0.6 is 0 Å². The number of carbonyl (C=O) groups is 1. The number of unbranched alkanes of at least 4 members (excludes halogenated alkanes) is 1. The Balaban J connectivity index is 1.91. The summed E-state index contributed by atoms with van der Waals surface area (Å²) in [5.74, 6) is 0.810. The molecule has 0 fully saturated rings. The highest BCUT2D eigenvalue weighted by Crippen LogP contribution is 2.32. The summed E-state index contributed by atoms with van der Waals surface area (Å²) in [6, 6.07) is 8.12. The van der Waals surface area contributed by atoms with Crippen LogP contribution in [0.3, 0.4) is 0 Å². The number of pyridine rings is 1. The predicted molar refractivity (Wildman–Crippen MR) is 107 cm³/mol. The summed E-state index contributed by atoms with van der Waals surface area (Å²) >= 11 is 0. The first-order valence-corrected chi connectivity index (χ1v) is 9.36. The zero-order chi connectivity index (χ0) is 19.4. The molecule has 27 heavy (non-hydrogen) atoms. The molecular weight excluding hydrogens is 342 g/mol. The molecule has 0 spiro atoms. The Hall–Kier alpha value is -2.76. The molecule has 2 heterocycles. The van der Waals surface area contributed by atoms with Gasteiger partial charge in [-0.05, 0) is 31.5 Å². The van der Waals surface area contributed by atoms with Gasteiger partial charge in [-0.1, -0.05) is 13.3 Å². The fraction of sp³-hybridized carbons (Fsp3) is 0.429. The first-order chi connectivity index (χ1) is 13.1. The van der Waals surface area contributed by atoms with Crippen LogP contribution in [0.25, 0.3) is 21.8 Å². The van der Waals surface area contributed by atoms with E-state index in [1.165, 1.54) is 0 Å². The molecule has 0 saturated carbocycles. The number of aryl methyl sites for hydroxylation is 1. The summed E-state index contributed by atoms with van der Waals surface area (Å²) in [6.07, 6.45) is 3.45. The molecule has 0 N–H and O–H groups in total. The fourth-order valence-electron chi connectivity index (χ4n) is 3.31. The normalized spacial score (nSPS) is 11.1. The average molecular weight is 369 g/mol. The van der Waals surface area contributed by atoms with Gasteiger partial charge in [0.1, 0.15) is 5.75 Å². The number of fused-ring (bicyclic) bond motifs is 3. The maximum atomic E-state index is 12.1. The van der Waals surface area contributed by atoms with Crippen LogP contribution in [-0.2, 0) is 11.3 Å². The SMILES string of the molecule is CCCCOC(=O)N(C)CCn1c2cc(OC)ccc2c2ccnc(C)c21. The Labute approximate surface area is 159 Å². The van der Waals surface area contributed by atoms with Crippen LogP contribution in [0, 0.1) is 6.92 Å². The molecule has 0 radical (unpaired) electrons. The highest BCUT2D eigenvalue weighted by molar-refractivity contribution is 6.09. The molecule has 0 bridgehead atoms. The van der Waals surface area contributed by atoms with Crippen molar-refractivity contribution < 1.29 is 14.3 Å². The summed E-state index contributed by atoms with van der Waals surface area (Å²) in [5.41, 5.74) is 3.14. The molecule has 2 aromatic heterocycles. The predicted octanol–water partition coefficient (Wildman–Crippen LogP) is 4.38. The zero-order valence-corrected chi connectivity index (χ0v) is 16.5. The Bertz CT molecular complexity index is 949. The van der Waals surface area contributed by atoms with Crippen LogP contribution < -0.4 is 4.74 Å². The van der Waals surface area contributed by atoms with Crippen molar-refractivity contribution in [1.29, 1.82) is 0 Å². The van der Waals surface area contributed by atoms with E-state index in [1.807, 2.05) is 31.3 Å². The fourth-order valence-corrected chi connectivity index (χ4v) is 3.31. The topological polar surface area (TPSA) is 56.6 Å². The van der Waals surface area contributed by atoms with E-state index in [0.717, 1.165) is 46.1 Å². The first kappa shape index (κ1) is 19.0. The molecule has 144 valence electrons. The molecule has 1 aromatic carbocycles. The Morgan fingerprint density at radius 2 is 2.07 bits per heavy atom. The highest BCUT2D eigenvalue weighted by atomic mass is 16.6. The van der Waals surface area contributed by atoms with Gasteiger partial charge in [-0.25, -0.2) is 4.79 Å². The minimum absolute atomic E-state index is 0.281. The molecule has 6 nitrogen and oxygen atoms in total. The third-order valence-electron chi connectivity index (χ3n) is 4.86. The van der Waals surface area contributed by atoms with Crippen LogP contribution in [0.4, 0.5) is 4.79 Å². The second-order valence-corrected chi connectivity index (χ2v) is 6.72. The number of benzene rings is 1. The largest absolute Gasteiger partial charge is 0.497 e. The van der Waals surface area contributed by atoms with E-state index in [2.05, 4.69) is 22.5 Å². The van der Waals surface area contributed by atoms with Crippen molar-refractivity contribution in [3.8, 4) is 5.75 Å². The number of hydrogen-bond acceptors (Lipinski definition) is 4. The van der Waals surface area contributed by atoms with E-state index in [0.29, 0.717) is 19.7 Å². The molecule has 6 heteroatoms. The Morgan fingerprint density at radius 3 is 2.81 bits per heavy atom. The number of nitrogens with zero attached hydrogens (tertiary/aromatic N) is 3. The van der Waals surface area contributed by atoms with Gasteiger partial charge in [0, 0.05) is 43.2 Å². The van der Waals surface area contributed by atoms with Gasteiger partial charge < -0.3 is 18.9 Å². The van der Waals surface area contributed by atoms with Crippen molar-refractivity contribution in [3.63, 3.8) is 0 Å². The maximum Gasteiger partial charge on any atom is 0.409 e. The molecule has 1 amide bonds. The van der Waals surface area contributed by atoms with E-state index in [4.69, 9.17) is 9.47 Å². The van der Waals surface area contributed by atoms with Crippen molar-refractivity contribution >= 4 is 27.9 Å². The van der Waals surface area contributed by atoms with Crippen LogP contribution in [0.1, 0.15) is 25.5 Å². The van der Waals surface area contributed by atoms with Gasteiger partial charge >= 0.3 is 6.09 Å². The molecule has 0 atom stereocenters. The van der Waals surface area contributed by atoms with Crippen LogP contribution in [-0.4, -0.2) is 47.9 Å². The zero-order valence-electron chi connectivity index (χ0n) is 16.5. The van der Waals surface area contributed by atoms with Crippen LogP contribution in [0.5, 0.6) is 5.75 Å². The monoisotopic (exact) mass is 369 g/mol. The Kier molecular flexibility index (Phi) is 5.84. The number of likely N-dealkylation sites (N-methyl/N-ethyl adjacent to an activating group) is 1. The minimum atomic E-state index is -0.281. The van der Waals surface area contributed by atoms with E-state index >= 15 is 0 Å². The summed E-state index contributed by atoms with van der Waals surface area (Å²) in [7, 11) is 3.44. The number of aromatic nitrogens is 2. The molecule has 0 aliphatic carbocycles. The lowest BCUT2D eigenvalue weighted by Crippen LogP contribution is -2.31. The average Bonchev–Trinajstić information content (AvgIpc) is 3.00. The van der Waals surface area contributed by atoms with Crippen molar-refractivity contribution in [2.45, 2.75) is 33.2 Å². The number of amides is 1. The number of rotatable bonds is 7. The lowest BCUT2D eigenvalue weighted by Gasteiger charge is -2.18. The van der Waals surface area contributed by atoms with Crippen molar-refractivity contribution in [2.24, 2.45) is 0 Å². The smallest absolute Gasteiger partial charge is 0.409 e. The second-order valence-electron chi connectivity index (χ2n) is 6.72. The molecule has 3 aromatic rings. The molecule has 0 saturated heterocycles. The Morgan fingerprint density at radius 1 is 1.26 bits per heavy atom. The van der Waals surface area contributed by atoms with E-state index in [1.54, 1.807) is 19.1 Å². The first-order valence-electron chi connectivity index (χ1n) is 9.36. The number of methoxy groups -OCH3 is 1. The molecule has 0 aliphatic heterocycles. The summed E-state index contributed by atoms with van der Waals surface area (Å²) in [6.45, 7) is 5.76. The van der Waals surface area contributed by atoms with Gasteiger partial charge in [0.25, 0.3) is 0 Å². The third kappa shape index (κ3) is 3.84. The quantitative estimate of drug-likeness (QED) is 0.580. The van der Waals surface area contributed by atoms with Gasteiger partial charge in [0.05, 0.1) is 30.4 Å². The van der Waals surface area contributed by atoms with Gasteiger partial charge in [0.2, 0.25) is 0 Å². The summed E-state index contributed by atoms with van der Waals surface area (Å²) in [4.78, 5) is 18.2. The number of carbonyl (C=O) groups excluding carboxylic acids is 1. The van der Waals surface area contributed by atoms with Crippen molar-refractivity contribution in [3.05, 3.63) is 36.2 Å². The highest BCUT2D eigenvalue weighted by Gasteiger charge is 2.16. The minimum Gasteiger partial charge on any atom is -0.497 e. The molecule has 3 rings (SSSR count). The second kappa shape index (κ2) is 8.29. The number of hydrogen-bond donors (Lipinski definition) is 0. The molecule has 0 unspecified atom stereocenters. The standard InChI is InChI=1S/C21H27N3O3/c1-5-6-13-27-21(25)23(3)11-12-24-19-14-16(26-4)7-8-17(19)18-9-10-22-15(2)20(18)24/h7-10,14H,5-6,11-13H2,1-4H3. The van der Waals surface area contributed by atoms with Gasteiger partial charge in [-0.15, -0.1) is 0 Å². The van der Waals surface area contributed by atoms with Gasteiger partial charge in [-0.3, -0.25) is 4.98 Å². The van der Waals surface area contributed by atoms with Crippen molar-refractivity contribution in [1.82, 2.24) is 14.5 Å². The summed E-state index contributed by atoms with van der Waals surface area (Å²) in [5, 5.41) is 2.32. The van der Waals surface area contributed by atoms with Crippen molar-refractivity contribution in [2.75, 3.05) is 27.3 Å². The van der Waals surface area contributed by atoms with E-state index in [-0.39, 0.29) is 6.09 Å². The van der Waals surface area contributed by atoms with Crippen LogP contribution in [0.2, 0.25) is 0 Å². The van der Waals surface area contributed by atoms with Gasteiger partial charge in [0.15, 0.2) is 0 Å². The van der Waals surface area contributed by atoms with Crippen LogP contribution in [0.15, 0.2) is 30.5 Å². The third-order valence-corrected chi connectivity index (χ3v) is 4.86. The summed E-state index contributed by atoms with van der Waals surface area (Å²) < 4.78 is 12.9. The van der Waals surface area contributed by atoms with E-state index < -0.39 is 0 Å². The molecular formula is C21H27N3O3. The van der Waals surface area contributed by atoms with E-state index in [9.17, 15) is 4.79 Å². The lowest BCUT2D eigenvalue weighted by molar-refractivity contribution is 0.109. The molecule has 0 aliphatic rings. The number of ether oxygens (including phenoxy) is 2. The maximum absolute atomic E-state index is 12.1.